The Morgan fingerprint density at radius 2 is 2.13 bits per heavy atom. The fourth-order valence-electron chi connectivity index (χ4n) is 1.54. The first-order valence-corrected chi connectivity index (χ1v) is 5.48. The highest BCUT2D eigenvalue weighted by molar-refractivity contribution is 5.75. The first-order valence-electron chi connectivity index (χ1n) is 5.48. The maximum Gasteiger partial charge on any atom is 0.323 e. The summed E-state index contributed by atoms with van der Waals surface area (Å²) in [6.07, 6.45) is 1.17. The van der Waals surface area contributed by atoms with Crippen molar-refractivity contribution in [2.45, 2.75) is 39.7 Å². The lowest BCUT2D eigenvalue weighted by molar-refractivity contribution is -0.149. The number of carbonyl (C=O) groups excluding carboxylic acids is 1. The van der Waals surface area contributed by atoms with Crippen LogP contribution in [0.1, 0.15) is 33.6 Å². The van der Waals surface area contributed by atoms with Gasteiger partial charge in [-0.2, -0.15) is 5.26 Å². The van der Waals surface area contributed by atoms with Crippen LogP contribution in [0.15, 0.2) is 0 Å². The van der Waals surface area contributed by atoms with Crippen molar-refractivity contribution in [3.05, 3.63) is 0 Å². The number of hydrogen-bond acceptors (Lipinski definition) is 4. The Bertz CT molecular complexity index is 223. The van der Waals surface area contributed by atoms with Gasteiger partial charge >= 0.3 is 5.97 Å². The summed E-state index contributed by atoms with van der Waals surface area (Å²) in [4.78, 5) is 13.6. The molecule has 0 heterocycles. The molecule has 0 aromatic carbocycles. The molecular formula is C11H20N2O2. The van der Waals surface area contributed by atoms with E-state index in [1.165, 1.54) is 0 Å². The number of rotatable bonds is 7. The van der Waals surface area contributed by atoms with Crippen molar-refractivity contribution in [1.29, 1.82) is 5.26 Å². The second-order valence-electron chi connectivity index (χ2n) is 3.21. The summed E-state index contributed by atoms with van der Waals surface area (Å²) >= 11 is 0. The van der Waals surface area contributed by atoms with E-state index in [-0.39, 0.29) is 12.0 Å². The van der Waals surface area contributed by atoms with Crippen molar-refractivity contribution in [3.8, 4) is 6.07 Å². The summed E-state index contributed by atoms with van der Waals surface area (Å²) in [5.74, 6) is -0.181. The van der Waals surface area contributed by atoms with Gasteiger partial charge in [-0.1, -0.05) is 13.8 Å². The van der Waals surface area contributed by atoms with E-state index in [4.69, 9.17) is 10.00 Å². The average Bonchev–Trinajstić information content (AvgIpc) is 2.24. The molecule has 0 fully saturated rings. The molecule has 1 atom stereocenters. The van der Waals surface area contributed by atoms with Gasteiger partial charge in [0.25, 0.3) is 0 Å². The van der Waals surface area contributed by atoms with Crippen LogP contribution in [0.25, 0.3) is 0 Å². The highest BCUT2D eigenvalue weighted by atomic mass is 16.5. The molecule has 0 bridgehead atoms. The zero-order valence-electron chi connectivity index (χ0n) is 9.82. The molecule has 15 heavy (non-hydrogen) atoms. The highest BCUT2D eigenvalue weighted by Crippen LogP contribution is 2.07. The smallest absolute Gasteiger partial charge is 0.323 e. The molecule has 0 radical (unpaired) electrons. The Morgan fingerprint density at radius 1 is 1.47 bits per heavy atom. The second kappa shape index (κ2) is 8.25. The lowest BCUT2D eigenvalue weighted by Gasteiger charge is -2.27. The normalized spacial score (nSPS) is 12.2. The van der Waals surface area contributed by atoms with Crippen LogP contribution in [0.3, 0.4) is 0 Å². The van der Waals surface area contributed by atoms with Crippen LogP contribution in [0.2, 0.25) is 0 Å². The number of nitriles is 1. The summed E-state index contributed by atoms with van der Waals surface area (Å²) in [5, 5.41) is 8.51. The molecule has 0 aromatic rings. The minimum absolute atomic E-state index is 0.181. The Labute approximate surface area is 91.8 Å². The molecule has 0 N–H and O–H groups in total. The van der Waals surface area contributed by atoms with Crippen molar-refractivity contribution < 1.29 is 9.53 Å². The standard InChI is InChI=1S/C11H20N2O2/c1-4-10(11(14)15-6-3)13(5-2)9-7-8-12/h10H,4-7,9H2,1-3H3. The van der Waals surface area contributed by atoms with Crippen molar-refractivity contribution in [1.82, 2.24) is 4.90 Å². The van der Waals surface area contributed by atoms with Crippen molar-refractivity contribution in [2.75, 3.05) is 19.7 Å². The van der Waals surface area contributed by atoms with Crippen molar-refractivity contribution in [2.24, 2.45) is 0 Å². The van der Waals surface area contributed by atoms with Crippen LogP contribution in [0.5, 0.6) is 0 Å². The first kappa shape index (κ1) is 13.9. The third kappa shape index (κ3) is 4.80. The van der Waals surface area contributed by atoms with Crippen LogP contribution < -0.4 is 0 Å². The molecule has 0 saturated carbocycles. The van der Waals surface area contributed by atoms with Gasteiger partial charge in [0.1, 0.15) is 6.04 Å². The molecule has 0 spiro atoms. The molecule has 0 saturated heterocycles. The van der Waals surface area contributed by atoms with Crippen molar-refractivity contribution >= 4 is 5.97 Å². The SMILES string of the molecule is CCOC(=O)C(CC)N(CC)CCC#N. The number of esters is 1. The van der Waals surface area contributed by atoms with E-state index in [0.29, 0.717) is 19.6 Å². The fraction of sp³-hybridized carbons (Fsp3) is 0.818. The Hall–Kier alpha value is -1.08. The fourth-order valence-corrected chi connectivity index (χ4v) is 1.54. The predicted octanol–water partition coefficient (Wildman–Crippen LogP) is 1.56. The zero-order chi connectivity index (χ0) is 11.7. The van der Waals surface area contributed by atoms with Crippen LogP contribution >= 0.6 is 0 Å². The van der Waals surface area contributed by atoms with Gasteiger partial charge in [0.05, 0.1) is 12.7 Å². The molecule has 4 heteroatoms. The third-order valence-electron chi connectivity index (χ3n) is 2.30. The number of nitrogens with zero attached hydrogens (tertiary/aromatic N) is 2. The minimum atomic E-state index is -0.205. The minimum Gasteiger partial charge on any atom is -0.465 e. The van der Waals surface area contributed by atoms with Crippen LogP contribution in [0.4, 0.5) is 0 Å². The van der Waals surface area contributed by atoms with E-state index >= 15 is 0 Å². The summed E-state index contributed by atoms with van der Waals surface area (Å²) in [5.41, 5.74) is 0. The Balaban J connectivity index is 4.33. The van der Waals surface area contributed by atoms with E-state index < -0.39 is 0 Å². The number of ether oxygens (including phenoxy) is 1. The van der Waals surface area contributed by atoms with E-state index in [1.807, 2.05) is 18.7 Å². The molecule has 86 valence electrons. The second-order valence-corrected chi connectivity index (χ2v) is 3.21. The lowest BCUT2D eigenvalue weighted by Crippen LogP contribution is -2.42. The van der Waals surface area contributed by atoms with Gasteiger partial charge in [0.2, 0.25) is 0 Å². The van der Waals surface area contributed by atoms with Crippen LogP contribution in [-0.4, -0.2) is 36.6 Å². The van der Waals surface area contributed by atoms with Gasteiger partial charge < -0.3 is 4.74 Å². The molecule has 0 aliphatic rings. The van der Waals surface area contributed by atoms with Gasteiger partial charge in [-0.25, -0.2) is 0 Å². The van der Waals surface area contributed by atoms with E-state index in [0.717, 1.165) is 13.0 Å². The van der Waals surface area contributed by atoms with Gasteiger partial charge in [0.15, 0.2) is 0 Å². The average molecular weight is 212 g/mol. The maximum atomic E-state index is 11.6. The van der Waals surface area contributed by atoms with Crippen LogP contribution in [-0.2, 0) is 9.53 Å². The quantitative estimate of drug-likeness (QED) is 0.601. The molecule has 0 amide bonds. The highest BCUT2D eigenvalue weighted by Gasteiger charge is 2.23. The zero-order valence-corrected chi connectivity index (χ0v) is 9.82. The lowest BCUT2D eigenvalue weighted by atomic mass is 10.2. The molecule has 1 unspecified atom stereocenters. The molecule has 0 rings (SSSR count). The van der Waals surface area contributed by atoms with Crippen molar-refractivity contribution in [3.63, 3.8) is 0 Å². The summed E-state index contributed by atoms with van der Waals surface area (Å²) in [7, 11) is 0. The van der Waals surface area contributed by atoms with Gasteiger partial charge in [-0.15, -0.1) is 0 Å². The van der Waals surface area contributed by atoms with Gasteiger partial charge in [-0.3, -0.25) is 9.69 Å². The van der Waals surface area contributed by atoms with E-state index in [9.17, 15) is 4.79 Å². The van der Waals surface area contributed by atoms with Crippen LogP contribution in [0, 0.1) is 11.3 Å². The molecule has 0 aliphatic carbocycles. The predicted molar refractivity (Wildman–Crippen MR) is 58.2 cm³/mol. The third-order valence-corrected chi connectivity index (χ3v) is 2.30. The topological polar surface area (TPSA) is 53.3 Å². The van der Waals surface area contributed by atoms with Gasteiger partial charge in [0, 0.05) is 13.0 Å². The number of carbonyl (C=O) groups is 1. The molecule has 0 aliphatic heterocycles. The first-order chi connectivity index (χ1) is 7.21. The number of hydrogen-bond donors (Lipinski definition) is 0. The molecular weight excluding hydrogens is 192 g/mol. The van der Waals surface area contributed by atoms with Gasteiger partial charge in [-0.05, 0) is 19.9 Å². The molecule has 0 aromatic heterocycles. The van der Waals surface area contributed by atoms with E-state index in [2.05, 4.69) is 6.07 Å². The monoisotopic (exact) mass is 212 g/mol. The maximum absolute atomic E-state index is 11.6. The Morgan fingerprint density at radius 3 is 2.53 bits per heavy atom. The summed E-state index contributed by atoms with van der Waals surface area (Å²) in [6, 6.07) is 1.88. The number of likely N-dealkylation sites (N-methyl/N-ethyl adjacent to an activating group) is 1. The summed E-state index contributed by atoms with van der Waals surface area (Å²) in [6.45, 7) is 7.54. The largest absolute Gasteiger partial charge is 0.465 e. The Kier molecular flexibility index (Phi) is 7.65. The molecule has 4 nitrogen and oxygen atoms in total. The summed E-state index contributed by atoms with van der Waals surface area (Å²) < 4.78 is 4.99. The van der Waals surface area contributed by atoms with E-state index in [1.54, 1.807) is 6.92 Å².